The smallest absolute Gasteiger partial charge is 0.451 e. The summed E-state index contributed by atoms with van der Waals surface area (Å²) in [6, 6.07) is 3.42. The van der Waals surface area contributed by atoms with Crippen molar-refractivity contribution < 1.29 is 39.7 Å². The van der Waals surface area contributed by atoms with E-state index in [9.17, 15) is 35.3 Å². The number of hydrogen-bond acceptors (Lipinski definition) is 6. The number of amidine groups is 1. The second kappa shape index (κ2) is 12.5. The van der Waals surface area contributed by atoms with Crippen LogP contribution >= 0.6 is 0 Å². The fraction of sp³-hybridized carbons (Fsp3) is 0.423. The van der Waals surface area contributed by atoms with E-state index >= 15 is 4.39 Å². The maximum Gasteiger partial charge on any atom is 0.451 e. The van der Waals surface area contributed by atoms with E-state index < -0.39 is 76.2 Å². The fourth-order valence-corrected chi connectivity index (χ4v) is 6.26. The summed E-state index contributed by atoms with van der Waals surface area (Å²) in [5.74, 6) is -3.67. The summed E-state index contributed by atoms with van der Waals surface area (Å²) in [4.78, 5) is 13.7. The van der Waals surface area contributed by atoms with E-state index in [1.165, 1.54) is 6.07 Å². The van der Waals surface area contributed by atoms with Crippen molar-refractivity contribution in [2.24, 2.45) is 11.8 Å². The molecule has 16 heteroatoms. The number of halogens is 8. The van der Waals surface area contributed by atoms with E-state index in [4.69, 9.17) is 5.41 Å². The lowest BCUT2D eigenvalue weighted by Crippen LogP contribution is -2.33. The molecule has 3 aromatic rings. The van der Waals surface area contributed by atoms with Crippen molar-refractivity contribution in [2.45, 2.75) is 61.5 Å². The molecule has 3 heterocycles. The van der Waals surface area contributed by atoms with Crippen LogP contribution in [0.2, 0.25) is 0 Å². The molecule has 2 unspecified atom stereocenters. The molecule has 0 radical (unpaired) electrons. The van der Waals surface area contributed by atoms with Crippen LogP contribution in [0.5, 0.6) is 0 Å². The molecule has 0 saturated heterocycles. The zero-order chi connectivity index (χ0) is 30.8. The van der Waals surface area contributed by atoms with Crippen LogP contribution in [0.4, 0.5) is 35.1 Å². The third kappa shape index (κ3) is 7.32. The summed E-state index contributed by atoms with van der Waals surface area (Å²) in [7, 11) is 0. The Labute approximate surface area is 237 Å². The van der Waals surface area contributed by atoms with Gasteiger partial charge in [-0.15, -0.1) is 0 Å². The maximum absolute atomic E-state index is 15.2. The lowest BCUT2D eigenvalue weighted by atomic mass is 9.96. The summed E-state index contributed by atoms with van der Waals surface area (Å²) in [6.45, 7) is 1.04. The first kappa shape index (κ1) is 31.5. The van der Waals surface area contributed by atoms with Crippen LogP contribution in [0.25, 0.3) is 11.1 Å². The molecule has 226 valence electrons. The normalized spacial score (nSPS) is 22.3. The predicted octanol–water partition coefficient (Wildman–Crippen LogP) is 6.13. The summed E-state index contributed by atoms with van der Waals surface area (Å²) in [5.41, 5.74) is -1.65. The van der Waals surface area contributed by atoms with E-state index in [1.54, 1.807) is 6.92 Å². The summed E-state index contributed by atoms with van der Waals surface area (Å²) >= 11 is -1.76. The van der Waals surface area contributed by atoms with Gasteiger partial charge in [-0.2, -0.15) is 26.3 Å². The monoisotopic (exact) mass is 620 g/mol. The standard InChI is InChI=1S/C26H24F8N6OS/c1-13-19(28)7-14(2-4-20(13)42(41)21-5-3-18(27)12-36-21)23(35)38-9-16-6-15(8-37-22(16)25(29,30)31)17-10-39-24(40-11-17)26(32,33)34/h3,5-6,8,10-14,19-20H,2,4,7,9H2,1H3,(H2,35,38)/t13-,14-,19+,20?,42?/m0/s1. The lowest BCUT2D eigenvalue weighted by molar-refractivity contribution is -0.145. The first-order valence-electron chi connectivity index (χ1n) is 12.6. The van der Waals surface area contributed by atoms with Gasteiger partial charge in [0.05, 0.1) is 12.0 Å². The van der Waals surface area contributed by atoms with Gasteiger partial charge in [-0.05, 0) is 31.4 Å². The second-order valence-electron chi connectivity index (χ2n) is 9.83. The zero-order valence-corrected chi connectivity index (χ0v) is 22.6. The number of alkyl halides is 7. The van der Waals surface area contributed by atoms with Crippen LogP contribution in [0.3, 0.4) is 0 Å². The highest BCUT2D eigenvalue weighted by Crippen LogP contribution is 2.37. The van der Waals surface area contributed by atoms with Crippen molar-refractivity contribution in [2.75, 3.05) is 0 Å². The molecule has 1 aliphatic carbocycles. The molecular formula is C26H24F8N6OS. The first-order chi connectivity index (χ1) is 19.6. The molecule has 1 saturated carbocycles. The third-order valence-corrected chi connectivity index (χ3v) is 8.87. The Kier molecular flexibility index (Phi) is 9.35. The third-order valence-electron chi connectivity index (χ3n) is 7.00. The van der Waals surface area contributed by atoms with E-state index in [0.29, 0.717) is 0 Å². The van der Waals surface area contributed by atoms with Gasteiger partial charge in [0.2, 0.25) is 10.9 Å². The van der Waals surface area contributed by atoms with Crippen LogP contribution in [0, 0.1) is 23.1 Å². The minimum atomic E-state index is -4.87. The van der Waals surface area contributed by atoms with Crippen LogP contribution in [0.1, 0.15) is 43.3 Å². The Hall–Kier alpha value is -3.40. The Morgan fingerprint density at radius 1 is 0.976 bits per heavy atom. The van der Waals surface area contributed by atoms with Crippen molar-refractivity contribution in [1.29, 1.82) is 5.41 Å². The van der Waals surface area contributed by atoms with Crippen LogP contribution < -0.4 is 5.32 Å². The van der Waals surface area contributed by atoms with Gasteiger partial charge in [0.25, 0.3) is 0 Å². The van der Waals surface area contributed by atoms with Gasteiger partial charge < -0.3 is 9.87 Å². The molecule has 2 N–H and O–H groups in total. The number of nitrogens with one attached hydrogen (secondary N) is 2. The van der Waals surface area contributed by atoms with Gasteiger partial charge >= 0.3 is 12.4 Å². The van der Waals surface area contributed by atoms with Crippen molar-refractivity contribution in [3.63, 3.8) is 0 Å². The van der Waals surface area contributed by atoms with Crippen LogP contribution in [0.15, 0.2) is 48.0 Å². The van der Waals surface area contributed by atoms with Crippen molar-refractivity contribution >= 4 is 17.0 Å². The van der Waals surface area contributed by atoms with Gasteiger partial charge in [-0.1, -0.05) is 6.92 Å². The number of aromatic nitrogens is 4. The number of hydrogen-bond donors (Lipinski definition) is 2. The molecule has 0 bridgehead atoms. The highest BCUT2D eigenvalue weighted by molar-refractivity contribution is 7.92. The molecule has 1 aliphatic rings. The van der Waals surface area contributed by atoms with Crippen LogP contribution in [-0.4, -0.2) is 41.7 Å². The molecule has 4 rings (SSSR count). The largest absolute Gasteiger partial charge is 0.610 e. The van der Waals surface area contributed by atoms with Crippen molar-refractivity contribution in [3.8, 4) is 11.1 Å². The SMILES string of the molecule is C[C@@H]1C([S+]([O-])c2ccc(F)cn2)CC[C@H](C(=N)NCc2cc(-c3cnc(C(F)(F)F)nc3)cnc2C(F)(F)F)C[C@H]1F. The summed E-state index contributed by atoms with van der Waals surface area (Å²) < 4.78 is 121. The summed E-state index contributed by atoms with van der Waals surface area (Å²) in [6.07, 6.45) is -7.48. The molecular weight excluding hydrogens is 596 g/mol. The Bertz CT molecular complexity index is 1390. The van der Waals surface area contributed by atoms with E-state index in [0.717, 1.165) is 36.9 Å². The molecule has 3 aromatic heterocycles. The molecule has 0 amide bonds. The van der Waals surface area contributed by atoms with Crippen molar-refractivity contribution in [3.05, 3.63) is 65.9 Å². The Morgan fingerprint density at radius 2 is 1.64 bits per heavy atom. The maximum atomic E-state index is 15.2. The van der Waals surface area contributed by atoms with Gasteiger partial charge in [0.1, 0.15) is 22.9 Å². The predicted molar refractivity (Wildman–Crippen MR) is 136 cm³/mol. The lowest BCUT2D eigenvalue weighted by Gasteiger charge is -2.25. The number of pyridine rings is 2. The molecule has 0 spiro atoms. The fourth-order valence-electron chi connectivity index (χ4n) is 4.68. The minimum absolute atomic E-state index is 0.00624. The summed E-state index contributed by atoms with van der Waals surface area (Å²) in [5, 5.41) is 10.5. The molecule has 0 aromatic carbocycles. The highest BCUT2D eigenvalue weighted by Gasteiger charge is 2.41. The van der Waals surface area contributed by atoms with Gasteiger partial charge in [-0.3, -0.25) is 10.4 Å². The Morgan fingerprint density at radius 3 is 2.24 bits per heavy atom. The quantitative estimate of drug-likeness (QED) is 0.113. The minimum Gasteiger partial charge on any atom is -0.610 e. The molecule has 1 fully saturated rings. The van der Waals surface area contributed by atoms with Gasteiger partial charge in [0.15, 0.2) is 0 Å². The number of nitrogens with zero attached hydrogens (tertiary/aromatic N) is 4. The van der Waals surface area contributed by atoms with E-state index in [-0.39, 0.29) is 41.3 Å². The second-order valence-corrected chi connectivity index (χ2v) is 11.4. The van der Waals surface area contributed by atoms with E-state index in [1.807, 2.05) is 0 Å². The zero-order valence-electron chi connectivity index (χ0n) is 21.8. The molecule has 0 aliphatic heterocycles. The van der Waals surface area contributed by atoms with Crippen molar-refractivity contribution in [1.82, 2.24) is 25.3 Å². The van der Waals surface area contributed by atoms with Gasteiger partial charge in [-0.25, -0.2) is 23.7 Å². The first-order valence-corrected chi connectivity index (χ1v) is 13.8. The average Bonchev–Trinajstić information content (AvgIpc) is 3.08. The highest BCUT2D eigenvalue weighted by atomic mass is 32.2. The van der Waals surface area contributed by atoms with Crippen LogP contribution in [-0.2, 0) is 30.1 Å². The van der Waals surface area contributed by atoms with E-state index in [2.05, 4.69) is 25.3 Å². The molecule has 7 nitrogen and oxygen atoms in total. The average molecular weight is 621 g/mol. The molecule has 42 heavy (non-hydrogen) atoms. The van der Waals surface area contributed by atoms with Gasteiger partial charge in [0, 0.05) is 70.9 Å². The molecule has 5 atom stereocenters. The number of rotatable bonds is 6. The Balaban J connectivity index is 1.49. The topological polar surface area (TPSA) is 110 Å².